The second kappa shape index (κ2) is 6.71. The van der Waals surface area contributed by atoms with Gasteiger partial charge in [0.05, 0.1) is 12.5 Å². The first-order valence-electron chi connectivity index (χ1n) is 6.72. The van der Waals surface area contributed by atoms with Gasteiger partial charge in [0.1, 0.15) is 0 Å². The molecule has 1 fully saturated rings. The van der Waals surface area contributed by atoms with E-state index in [1.165, 1.54) is 4.90 Å². The average Bonchev–Trinajstić information content (AvgIpc) is 2.79. The van der Waals surface area contributed by atoms with E-state index in [0.717, 1.165) is 5.69 Å². The molecule has 0 bridgehead atoms. The second-order valence-corrected chi connectivity index (χ2v) is 4.67. The molecule has 1 aliphatic heterocycles. The lowest BCUT2D eigenvalue weighted by molar-refractivity contribution is -0.138. The van der Waals surface area contributed by atoms with E-state index in [-0.39, 0.29) is 11.8 Å². The molecule has 20 heavy (non-hydrogen) atoms. The van der Waals surface area contributed by atoms with E-state index in [1.54, 1.807) is 0 Å². The van der Waals surface area contributed by atoms with Crippen LogP contribution in [0.4, 0.5) is 5.69 Å². The van der Waals surface area contributed by atoms with Crippen molar-refractivity contribution in [3.63, 3.8) is 0 Å². The van der Waals surface area contributed by atoms with Crippen LogP contribution in [-0.2, 0) is 9.59 Å². The van der Waals surface area contributed by atoms with Gasteiger partial charge in [-0.3, -0.25) is 14.5 Å². The largest absolute Gasteiger partial charge is 0.369 e. The van der Waals surface area contributed by atoms with Gasteiger partial charge in [-0.25, -0.2) is 0 Å². The van der Waals surface area contributed by atoms with Gasteiger partial charge in [-0.1, -0.05) is 18.2 Å². The van der Waals surface area contributed by atoms with Crippen LogP contribution in [0.1, 0.15) is 19.3 Å². The Bertz CT molecular complexity index is 506. The number of rotatable bonds is 6. The first-order chi connectivity index (χ1) is 9.72. The lowest BCUT2D eigenvalue weighted by Crippen LogP contribution is -2.38. The fraction of sp³-hybridized carbons (Fsp3) is 0.400. The van der Waals surface area contributed by atoms with Crippen LogP contribution in [-0.4, -0.2) is 36.3 Å². The molecule has 5 nitrogen and oxygen atoms in total. The summed E-state index contributed by atoms with van der Waals surface area (Å²) in [6.45, 7) is 1.54. The molecule has 1 saturated heterocycles. The zero-order chi connectivity index (χ0) is 14.4. The smallest absolute Gasteiger partial charge is 0.229 e. The van der Waals surface area contributed by atoms with Gasteiger partial charge in [-0.05, 0) is 12.1 Å². The van der Waals surface area contributed by atoms with Gasteiger partial charge in [0.15, 0.2) is 0 Å². The predicted molar refractivity (Wildman–Crippen MR) is 74.8 cm³/mol. The van der Waals surface area contributed by atoms with Crippen LogP contribution in [0.2, 0.25) is 0 Å². The number of imide groups is 1. The molecule has 2 rings (SSSR count). The van der Waals surface area contributed by atoms with Crippen molar-refractivity contribution >= 4 is 17.5 Å². The summed E-state index contributed by atoms with van der Waals surface area (Å²) in [5, 5.41) is 8.73. The molecule has 1 aliphatic rings. The summed E-state index contributed by atoms with van der Waals surface area (Å²) in [6, 6.07) is 11.8. The number of likely N-dealkylation sites (tertiary alicyclic amines) is 1. The summed E-state index contributed by atoms with van der Waals surface area (Å²) >= 11 is 0. The fourth-order valence-corrected chi connectivity index (χ4v) is 2.29. The van der Waals surface area contributed by atoms with E-state index in [0.29, 0.717) is 38.9 Å². The third-order valence-corrected chi connectivity index (χ3v) is 3.36. The Hall–Kier alpha value is -2.35. The Kier molecular flexibility index (Phi) is 4.72. The monoisotopic (exact) mass is 271 g/mol. The second-order valence-electron chi connectivity index (χ2n) is 4.67. The normalized spacial score (nSPS) is 14.4. The number of carbonyl (C=O) groups is 2. The van der Waals surface area contributed by atoms with Gasteiger partial charge in [-0.2, -0.15) is 5.26 Å². The lowest BCUT2D eigenvalue weighted by Gasteiger charge is -2.26. The molecule has 0 saturated carbocycles. The van der Waals surface area contributed by atoms with Crippen LogP contribution in [0.25, 0.3) is 0 Å². The van der Waals surface area contributed by atoms with Crippen molar-refractivity contribution in [2.24, 2.45) is 0 Å². The highest BCUT2D eigenvalue weighted by molar-refractivity contribution is 6.01. The van der Waals surface area contributed by atoms with Crippen LogP contribution in [0.3, 0.4) is 0 Å². The number of amides is 2. The van der Waals surface area contributed by atoms with E-state index in [1.807, 2.05) is 35.2 Å². The third-order valence-electron chi connectivity index (χ3n) is 3.36. The van der Waals surface area contributed by atoms with Gasteiger partial charge < -0.3 is 4.90 Å². The molecule has 1 heterocycles. The quantitative estimate of drug-likeness (QED) is 0.736. The molecule has 0 aliphatic carbocycles. The summed E-state index contributed by atoms with van der Waals surface area (Å²) in [6.07, 6.45) is 1.06. The fourth-order valence-electron chi connectivity index (χ4n) is 2.29. The van der Waals surface area contributed by atoms with Gasteiger partial charge in [0, 0.05) is 38.2 Å². The average molecular weight is 271 g/mol. The molecule has 0 N–H and O–H groups in total. The highest BCUT2D eigenvalue weighted by atomic mass is 16.2. The van der Waals surface area contributed by atoms with E-state index in [9.17, 15) is 9.59 Å². The molecule has 0 atom stereocenters. The maximum absolute atomic E-state index is 11.6. The van der Waals surface area contributed by atoms with E-state index in [4.69, 9.17) is 5.26 Å². The number of hydrogen-bond donors (Lipinski definition) is 0. The summed E-state index contributed by atoms with van der Waals surface area (Å²) in [5.41, 5.74) is 1.00. The lowest BCUT2D eigenvalue weighted by atomic mass is 10.2. The maximum Gasteiger partial charge on any atom is 0.229 e. The SMILES string of the molecule is N#CCCN(CCN1C(=O)CCC1=O)c1ccccc1. The predicted octanol–water partition coefficient (Wildman–Crippen LogP) is 1.56. The van der Waals surface area contributed by atoms with Crippen molar-refractivity contribution in [2.45, 2.75) is 19.3 Å². The number of nitriles is 1. The van der Waals surface area contributed by atoms with E-state index >= 15 is 0 Å². The van der Waals surface area contributed by atoms with Crippen LogP contribution >= 0.6 is 0 Å². The van der Waals surface area contributed by atoms with Gasteiger partial charge in [-0.15, -0.1) is 0 Å². The first-order valence-corrected chi connectivity index (χ1v) is 6.72. The summed E-state index contributed by atoms with van der Waals surface area (Å²) < 4.78 is 0. The number of hydrogen-bond acceptors (Lipinski definition) is 4. The Morgan fingerprint density at radius 2 is 1.75 bits per heavy atom. The van der Waals surface area contributed by atoms with Crippen molar-refractivity contribution in [3.8, 4) is 6.07 Å². The Balaban J connectivity index is 1.99. The first kappa shape index (κ1) is 14.1. The molecule has 104 valence electrons. The van der Waals surface area contributed by atoms with Gasteiger partial charge in [0.2, 0.25) is 11.8 Å². The molecular weight excluding hydrogens is 254 g/mol. The van der Waals surface area contributed by atoms with Crippen LogP contribution in [0.5, 0.6) is 0 Å². The third kappa shape index (κ3) is 3.35. The highest BCUT2D eigenvalue weighted by Crippen LogP contribution is 2.15. The van der Waals surface area contributed by atoms with Crippen LogP contribution in [0.15, 0.2) is 30.3 Å². The number of anilines is 1. The summed E-state index contributed by atoms with van der Waals surface area (Å²) in [5.74, 6) is -0.188. The Morgan fingerprint density at radius 3 is 2.35 bits per heavy atom. The minimum Gasteiger partial charge on any atom is -0.369 e. The molecule has 0 spiro atoms. The zero-order valence-electron chi connectivity index (χ0n) is 11.3. The van der Waals surface area contributed by atoms with Crippen LogP contribution in [0, 0.1) is 11.3 Å². The molecule has 5 heteroatoms. The number of nitrogens with zero attached hydrogens (tertiary/aromatic N) is 3. The topological polar surface area (TPSA) is 64.4 Å². The molecule has 2 amide bonds. The molecule has 0 unspecified atom stereocenters. The Morgan fingerprint density at radius 1 is 1.10 bits per heavy atom. The molecule has 0 radical (unpaired) electrons. The van der Waals surface area contributed by atoms with Crippen molar-refractivity contribution in [1.82, 2.24) is 4.90 Å². The molecule has 1 aromatic rings. The number of para-hydroxylation sites is 1. The minimum atomic E-state index is -0.0942. The maximum atomic E-state index is 11.6. The number of benzene rings is 1. The van der Waals surface area contributed by atoms with Crippen molar-refractivity contribution < 1.29 is 9.59 Å². The van der Waals surface area contributed by atoms with E-state index < -0.39 is 0 Å². The standard InChI is InChI=1S/C15H17N3O2/c16-9-4-10-17(13-5-2-1-3-6-13)11-12-18-14(19)7-8-15(18)20/h1-3,5-6H,4,7-8,10-12H2. The van der Waals surface area contributed by atoms with Crippen molar-refractivity contribution in [1.29, 1.82) is 5.26 Å². The van der Waals surface area contributed by atoms with Crippen molar-refractivity contribution in [3.05, 3.63) is 30.3 Å². The molecule has 1 aromatic carbocycles. The molecular formula is C15H17N3O2. The van der Waals surface area contributed by atoms with Crippen molar-refractivity contribution in [2.75, 3.05) is 24.5 Å². The van der Waals surface area contributed by atoms with Crippen LogP contribution < -0.4 is 4.90 Å². The van der Waals surface area contributed by atoms with E-state index in [2.05, 4.69) is 6.07 Å². The Labute approximate surface area is 118 Å². The number of carbonyl (C=O) groups excluding carboxylic acids is 2. The van der Waals surface area contributed by atoms with Gasteiger partial charge in [0.25, 0.3) is 0 Å². The highest BCUT2D eigenvalue weighted by Gasteiger charge is 2.28. The molecule has 0 aromatic heterocycles. The minimum absolute atomic E-state index is 0.0942. The summed E-state index contributed by atoms with van der Waals surface area (Å²) in [7, 11) is 0. The van der Waals surface area contributed by atoms with Gasteiger partial charge >= 0.3 is 0 Å². The summed E-state index contributed by atoms with van der Waals surface area (Å²) in [4.78, 5) is 26.5. The zero-order valence-corrected chi connectivity index (χ0v) is 11.3.